The van der Waals surface area contributed by atoms with Gasteiger partial charge >= 0.3 is 0 Å². The Morgan fingerprint density at radius 3 is 2.77 bits per heavy atom. The summed E-state index contributed by atoms with van der Waals surface area (Å²) < 4.78 is 0. The maximum atomic E-state index is 3.38. The quantitative estimate of drug-likeness (QED) is 0.677. The van der Waals surface area contributed by atoms with Crippen LogP contribution in [-0.2, 0) is 5.41 Å². The third-order valence-electron chi connectivity index (χ3n) is 2.34. The lowest BCUT2D eigenvalue weighted by atomic mass is 9.87. The molecule has 1 nitrogen and oxygen atoms in total. The smallest absolute Gasteiger partial charge is 0.0658 e. The second-order valence-corrected chi connectivity index (χ2v) is 5.44. The van der Waals surface area contributed by atoms with Gasteiger partial charge in [-0.1, -0.05) is 26.8 Å². The molecule has 0 unspecified atom stereocenters. The maximum Gasteiger partial charge on any atom is 0.0658 e. The fourth-order valence-corrected chi connectivity index (χ4v) is 2.29. The van der Waals surface area contributed by atoms with Gasteiger partial charge in [-0.05, 0) is 23.1 Å². The van der Waals surface area contributed by atoms with Crippen LogP contribution in [-0.4, -0.2) is 5.88 Å². The van der Waals surface area contributed by atoms with Crippen molar-refractivity contribution in [3.63, 3.8) is 0 Å². The van der Waals surface area contributed by atoms with Crippen molar-refractivity contribution in [3.05, 3.63) is 23.8 Å². The SMILES string of the molecule is CC(C)(C)c1ccc2c(c1)NCS2. The van der Waals surface area contributed by atoms with Crippen LogP contribution in [0.25, 0.3) is 0 Å². The van der Waals surface area contributed by atoms with Crippen molar-refractivity contribution in [2.24, 2.45) is 0 Å². The summed E-state index contributed by atoms with van der Waals surface area (Å²) in [7, 11) is 0. The largest absolute Gasteiger partial charge is 0.375 e. The summed E-state index contributed by atoms with van der Waals surface area (Å²) in [6, 6.07) is 6.73. The molecule has 2 rings (SSSR count). The van der Waals surface area contributed by atoms with E-state index in [1.54, 1.807) is 0 Å². The van der Waals surface area contributed by atoms with Crippen LogP contribution in [0.5, 0.6) is 0 Å². The van der Waals surface area contributed by atoms with Crippen molar-refractivity contribution in [2.45, 2.75) is 31.1 Å². The summed E-state index contributed by atoms with van der Waals surface area (Å²) in [6.45, 7) is 6.74. The molecule has 1 aliphatic rings. The molecule has 1 aromatic rings. The topological polar surface area (TPSA) is 12.0 Å². The molecule has 0 saturated heterocycles. The van der Waals surface area contributed by atoms with Gasteiger partial charge in [-0.2, -0.15) is 0 Å². The van der Waals surface area contributed by atoms with Crippen molar-refractivity contribution >= 4 is 17.4 Å². The van der Waals surface area contributed by atoms with Crippen LogP contribution < -0.4 is 5.32 Å². The highest BCUT2D eigenvalue weighted by Gasteiger charge is 2.17. The summed E-state index contributed by atoms with van der Waals surface area (Å²) >= 11 is 1.88. The van der Waals surface area contributed by atoms with Crippen molar-refractivity contribution in [3.8, 4) is 0 Å². The van der Waals surface area contributed by atoms with Gasteiger partial charge in [-0.25, -0.2) is 0 Å². The summed E-state index contributed by atoms with van der Waals surface area (Å²) in [5, 5.41) is 3.38. The zero-order valence-corrected chi connectivity index (χ0v) is 9.16. The van der Waals surface area contributed by atoms with E-state index in [4.69, 9.17) is 0 Å². The number of anilines is 1. The molecule has 13 heavy (non-hydrogen) atoms. The third-order valence-corrected chi connectivity index (χ3v) is 3.29. The molecule has 0 amide bonds. The van der Waals surface area contributed by atoms with Crippen LogP contribution in [0, 0.1) is 0 Å². The van der Waals surface area contributed by atoms with Crippen molar-refractivity contribution in [2.75, 3.05) is 11.2 Å². The molecule has 1 aliphatic heterocycles. The highest BCUT2D eigenvalue weighted by molar-refractivity contribution is 7.99. The molecule has 0 spiro atoms. The molecule has 70 valence electrons. The Labute approximate surface area is 83.9 Å². The van der Waals surface area contributed by atoms with E-state index in [1.807, 2.05) is 11.8 Å². The van der Waals surface area contributed by atoms with E-state index in [-0.39, 0.29) is 5.41 Å². The van der Waals surface area contributed by atoms with Crippen LogP contribution in [0.3, 0.4) is 0 Å². The standard InChI is InChI=1S/C11H15NS/c1-11(2,3)8-4-5-10-9(6-8)12-7-13-10/h4-6,12H,7H2,1-3H3. The van der Waals surface area contributed by atoms with Crippen molar-refractivity contribution < 1.29 is 0 Å². The Balaban J connectivity index is 2.42. The average molecular weight is 193 g/mol. The number of fused-ring (bicyclic) bond motifs is 1. The van der Waals surface area contributed by atoms with Crippen LogP contribution in [0.4, 0.5) is 5.69 Å². The van der Waals surface area contributed by atoms with Gasteiger partial charge in [0, 0.05) is 10.6 Å². The normalized spacial score (nSPS) is 15.3. The maximum absolute atomic E-state index is 3.38. The fourth-order valence-electron chi connectivity index (χ4n) is 1.45. The predicted octanol–water partition coefficient (Wildman–Crippen LogP) is 3.46. The minimum absolute atomic E-state index is 0.254. The molecule has 1 aromatic carbocycles. The Kier molecular flexibility index (Phi) is 2.03. The predicted molar refractivity (Wildman–Crippen MR) is 59.5 cm³/mol. The summed E-state index contributed by atoms with van der Waals surface area (Å²) in [5.41, 5.74) is 2.96. The van der Waals surface area contributed by atoms with Gasteiger partial charge in [0.1, 0.15) is 0 Å². The van der Waals surface area contributed by atoms with Crippen molar-refractivity contribution in [1.82, 2.24) is 0 Å². The van der Waals surface area contributed by atoms with Gasteiger partial charge in [-0.3, -0.25) is 0 Å². The first-order valence-electron chi connectivity index (χ1n) is 4.58. The van der Waals surface area contributed by atoms with Gasteiger partial charge in [0.15, 0.2) is 0 Å². The van der Waals surface area contributed by atoms with Gasteiger partial charge in [-0.15, -0.1) is 11.8 Å². The van der Waals surface area contributed by atoms with E-state index in [2.05, 4.69) is 44.3 Å². The molecule has 1 heterocycles. The van der Waals surface area contributed by atoms with Crippen LogP contribution in [0.2, 0.25) is 0 Å². The van der Waals surface area contributed by atoms with Gasteiger partial charge in [0.05, 0.1) is 5.88 Å². The number of hydrogen-bond acceptors (Lipinski definition) is 2. The highest BCUT2D eigenvalue weighted by Crippen LogP contribution is 2.36. The minimum Gasteiger partial charge on any atom is -0.375 e. The van der Waals surface area contributed by atoms with E-state index in [0.717, 1.165) is 5.88 Å². The lowest BCUT2D eigenvalue weighted by Gasteiger charge is -2.19. The van der Waals surface area contributed by atoms with Crippen LogP contribution >= 0.6 is 11.8 Å². The third kappa shape index (κ3) is 1.68. The number of nitrogens with one attached hydrogen (secondary N) is 1. The Bertz CT molecular complexity index is 325. The lowest BCUT2D eigenvalue weighted by Crippen LogP contribution is -2.10. The van der Waals surface area contributed by atoms with E-state index in [9.17, 15) is 0 Å². The molecule has 0 aromatic heterocycles. The number of thioether (sulfide) groups is 1. The molecule has 2 heteroatoms. The second kappa shape index (κ2) is 2.95. The van der Waals surface area contributed by atoms with Crippen LogP contribution in [0.1, 0.15) is 26.3 Å². The van der Waals surface area contributed by atoms with Gasteiger partial charge in [0.25, 0.3) is 0 Å². The first-order valence-corrected chi connectivity index (χ1v) is 5.57. The molecular weight excluding hydrogens is 178 g/mol. The van der Waals surface area contributed by atoms with E-state index in [0.29, 0.717) is 0 Å². The number of benzene rings is 1. The summed E-state index contributed by atoms with van der Waals surface area (Å²) in [6.07, 6.45) is 0. The molecule has 0 aliphatic carbocycles. The van der Waals surface area contributed by atoms with Crippen LogP contribution in [0.15, 0.2) is 23.1 Å². The van der Waals surface area contributed by atoms with E-state index < -0.39 is 0 Å². The zero-order valence-electron chi connectivity index (χ0n) is 8.35. The van der Waals surface area contributed by atoms with E-state index in [1.165, 1.54) is 16.1 Å². The molecular formula is C11H15NS. The monoisotopic (exact) mass is 193 g/mol. The average Bonchev–Trinajstić information content (AvgIpc) is 2.47. The molecule has 0 saturated carbocycles. The summed E-state index contributed by atoms with van der Waals surface area (Å²) in [4.78, 5) is 1.38. The summed E-state index contributed by atoms with van der Waals surface area (Å²) in [5.74, 6) is 1.02. The molecule has 1 N–H and O–H groups in total. The lowest BCUT2D eigenvalue weighted by molar-refractivity contribution is 0.590. The Hall–Kier alpha value is -0.630. The van der Waals surface area contributed by atoms with Gasteiger partial charge in [0.2, 0.25) is 0 Å². The second-order valence-electron chi connectivity index (χ2n) is 4.43. The minimum atomic E-state index is 0.254. The van der Waals surface area contributed by atoms with E-state index >= 15 is 0 Å². The number of hydrogen-bond donors (Lipinski definition) is 1. The zero-order chi connectivity index (χ0) is 9.47. The molecule has 0 bridgehead atoms. The Morgan fingerprint density at radius 2 is 2.08 bits per heavy atom. The molecule has 0 radical (unpaired) electrons. The fraction of sp³-hybridized carbons (Fsp3) is 0.455. The van der Waals surface area contributed by atoms with Gasteiger partial charge < -0.3 is 5.32 Å². The van der Waals surface area contributed by atoms with Crippen molar-refractivity contribution in [1.29, 1.82) is 0 Å². The Morgan fingerprint density at radius 1 is 1.31 bits per heavy atom. The first-order chi connectivity index (χ1) is 6.07. The number of rotatable bonds is 0. The molecule has 0 fully saturated rings. The molecule has 0 atom stereocenters. The highest BCUT2D eigenvalue weighted by atomic mass is 32.2. The first kappa shape index (κ1) is 8.95.